The third kappa shape index (κ3) is 3.58. The van der Waals surface area contributed by atoms with E-state index in [1.807, 2.05) is 11.9 Å². The molecular formula is C20H26N2O3. The molecule has 25 heavy (non-hydrogen) atoms. The monoisotopic (exact) mass is 342 g/mol. The fraction of sp³-hybridized carbons (Fsp3) is 0.550. The van der Waals surface area contributed by atoms with Crippen molar-refractivity contribution in [2.45, 2.75) is 25.7 Å². The van der Waals surface area contributed by atoms with Gasteiger partial charge in [-0.05, 0) is 42.5 Å². The summed E-state index contributed by atoms with van der Waals surface area (Å²) in [6, 6.07) is 4.39. The molecule has 2 aromatic rings. The number of likely N-dealkylation sites (N-methyl/N-ethyl adjacent to an activating group) is 1. The smallest absolute Gasteiger partial charge is 0.226 e. The Balaban J connectivity index is 1.39. The van der Waals surface area contributed by atoms with Crippen molar-refractivity contribution in [2.75, 3.05) is 46.4 Å². The quantitative estimate of drug-likeness (QED) is 0.836. The predicted molar refractivity (Wildman–Crippen MR) is 96.8 cm³/mol. The first-order valence-electron chi connectivity index (χ1n) is 9.26. The highest BCUT2D eigenvalue weighted by molar-refractivity contribution is 5.88. The number of fused-ring (bicyclic) bond motifs is 2. The van der Waals surface area contributed by atoms with Crippen molar-refractivity contribution in [2.24, 2.45) is 0 Å². The van der Waals surface area contributed by atoms with Crippen LogP contribution in [0.25, 0.3) is 11.0 Å². The molecule has 4 rings (SSSR count). The highest BCUT2D eigenvalue weighted by Crippen LogP contribution is 2.30. The van der Waals surface area contributed by atoms with Crippen LogP contribution in [0, 0.1) is 0 Å². The van der Waals surface area contributed by atoms with E-state index < -0.39 is 0 Å². The molecule has 0 saturated carbocycles. The van der Waals surface area contributed by atoms with Crippen LogP contribution >= 0.6 is 0 Å². The molecule has 5 heteroatoms. The Kier molecular flexibility index (Phi) is 4.77. The summed E-state index contributed by atoms with van der Waals surface area (Å²) in [5, 5.41) is 1.11. The van der Waals surface area contributed by atoms with E-state index in [1.165, 1.54) is 17.5 Å². The molecular weight excluding hydrogens is 316 g/mol. The molecule has 1 aromatic carbocycles. The molecule has 134 valence electrons. The summed E-state index contributed by atoms with van der Waals surface area (Å²) in [6.45, 7) is 5.17. The molecule has 1 saturated heterocycles. The largest absolute Gasteiger partial charge is 0.464 e. The molecule has 0 bridgehead atoms. The molecule has 0 N–H and O–H groups in total. The lowest BCUT2D eigenvalue weighted by Gasteiger charge is -2.28. The second-order valence-corrected chi connectivity index (χ2v) is 7.18. The van der Waals surface area contributed by atoms with Crippen molar-refractivity contribution in [1.29, 1.82) is 0 Å². The van der Waals surface area contributed by atoms with Gasteiger partial charge in [0.1, 0.15) is 5.58 Å². The maximum Gasteiger partial charge on any atom is 0.226 e. The molecule has 2 heterocycles. The number of ether oxygens (including phenoxy) is 1. The molecule has 0 spiro atoms. The second kappa shape index (κ2) is 7.18. The molecule has 1 aliphatic heterocycles. The highest BCUT2D eigenvalue weighted by atomic mass is 16.5. The summed E-state index contributed by atoms with van der Waals surface area (Å²) in [6.07, 6.45) is 5.67. The Morgan fingerprint density at radius 3 is 2.76 bits per heavy atom. The molecule has 1 aromatic heterocycles. The van der Waals surface area contributed by atoms with Crippen molar-refractivity contribution in [3.8, 4) is 0 Å². The van der Waals surface area contributed by atoms with Crippen LogP contribution in [-0.2, 0) is 28.8 Å². The standard InChI is InChI=1S/C20H26N2O3/c1-21(5-6-22-7-9-24-10-8-22)20(23)13-17-14-25-19-12-16-4-2-3-15(16)11-18(17)19/h11-12,14H,2-10,13H2,1H3. The molecule has 2 aliphatic rings. The lowest BCUT2D eigenvalue weighted by Crippen LogP contribution is -2.42. The van der Waals surface area contributed by atoms with Gasteiger partial charge in [-0.3, -0.25) is 9.69 Å². The van der Waals surface area contributed by atoms with Gasteiger partial charge in [0.15, 0.2) is 0 Å². The minimum Gasteiger partial charge on any atom is -0.464 e. The number of rotatable bonds is 5. The maximum absolute atomic E-state index is 12.6. The van der Waals surface area contributed by atoms with Crippen molar-refractivity contribution < 1.29 is 13.9 Å². The zero-order valence-corrected chi connectivity index (χ0v) is 14.9. The molecule has 1 amide bonds. The van der Waals surface area contributed by atoms with Crippen molar-refractivity contribution in [1.82, 2.24) is 9.80 Å². The minimum atomic E-state index is 0.149. The summed E-state index contributed by atoms with van der Waals surface area (Å²) in [5.41, 5.74) is 4.75. The molecule has 0 atom stereocenters. The summed E-state index contributed by atoms with van der Waals surface area (Å²) >= 11 is 0. The summed E-state index contributed by atoms with van der Waals surface area (Å²) in [5.74, 6) is 0.149. The summed E-state index contributed by atoms with van der Waals surface area (Å²) in [4.78, 5) is 16.8. The molecule has 1 fully saturated rings. The Morgan fingerprint density at radius 1 is 1.20 bits per heavy atom. The Labute approximate surface area is 148 Å². The molecule has 1 aliphatic carbocycles. The number of aryl methyl sites for hydroxylation is 2. The normalized spacial score (nSPS) is 17.8. The van der Waals surface area contributed by atoms with Gasteiger partial charge in [-0.15, -0.1) is 0 Å². The van der Waals surface area contributed by atoms with Gasteiger partial charge in [0, 0.05) is 44.2 Å². The number of hydrogen-bond acceptors (Lipinski definition) is 4. The van der Waals surface area contributed by atoms with Crippen LogP contribution in [0.1, 0.15) is 23.1 Å². The SMILES string of the molecule is CN(CCN1CCOCC1)C(=O)Cc1coc2cc3c(cc12)CCC3. The number of morpholine rings is 1. The number of carbonyl (C=O) groups is 1. The zero-order chi connectivity index (χ0) is 17.2. The van der Waals surface area contributed by atoms with Crippen LogP contribution in [-0.4, -0.2) is 62.1 Å². The van der Waals surface area contributed by atoms with Crippen LogP contribution < -0.4 is 0 Å². The number of furan rings is 1. The fourth-order valence-electron chi connectivity index (χ4n) is 3.82. The van der Waals surface area contributed by atoms with Crippen LogP contribution in [0.15, 0.2) is 22.8 Å². The van der Waals surface area contributed by atoms with Gasteiger partial charge in [0.25, 0.3) is 0 Å². The van der Waals surface area contributed by atoms with E-state index in [9.17, 15) is 4.79 Å². The average Bonchev–Trinajstić information content (AvgIpc) is 3.25. The Morgan fingerprint density at radius 2 is 1.96 bits per heavy atom. The fourth-order valence-corrected chi connectivity index (χ4v) is 3.82. The zero-order valence-electron chi connectivity index (χ0n) is 14.9. The third-order valence-electron chi connectivity index (χ3n) is 5.49. The van der Waals surface area contributed by atoms with E-state index in [-0.39, 0.29) is 5.91 Å². The van der Waals surface area contributed by atoms with Crippen molar-refractivity contribution in [3.63, 3.8) is 0 Å². The molecule has 0 unspecified atom stereocenters. The predicted octanol–water partition coefficient (Wildman–Crippen LogP) is 2.25. The summed E-state index contributed by atoms with van der Waals surface area (Å²) < 4.78 is 11.1. The van der Waals surface area contributed by atoms with E-state index >= 15 is 0 Å². The Bertz CT molecular complexity index is 762. The topological polar surface area (TPSA) is 45.9 Å². The Hall–Kier alpha value is -1.85. The number of nitrogens with zero attached hydrogens (tertiary/aromatic N) is 2. The van der Waals surface area contributed by atoms with Gasteiger partial charge in [0.2, 0.25) is 5.91 Å². The highest BCUT2D eigenvalue weighted by Gasteiger charge is 2.19. The number of benzene rings is 1. The number of carbonyl (C=O) groups excluding carboxylic acids is 1. The number of amides is 1. The van der Waals surface area contributed by atoms with Gasteiger partial charge in [-0.2, -0.15) is 0 Å². The van der Waals surface area contributed by atoms with Crippen LogP contribution in [0.5, 0.6) is 0 Å². The van der Waals surface area contributed by atoms with E-state index in [0.29, 0.717) is 6.42 Å². The lowest BCUT2D eigenvalue weighted by atomic mass is 10.0. The van der Waals surface area contributed by atoms with Gasteiger partial charge < -0.3 is 14.1 Å². The maximum atomic E-state index is 12.6. The minimum absolute atomic E-state index is 0.149. The van der Waals surface area contributed by atoms with Crippen LogP contribution in [0.4, 0.5) is 0 Å². The van der Waals surface area contributed by atoms with Gasteiger partial charge >= 0.3 is 0 Å². The van der Waals surface area contributed by atoms with Crippen molar-refractivity contribution in [3.05, 3.63) is 35.1 Å². The van der Waals surface area contributed by atoms with Gasteiger partial charge in [-0.25, -0.2) is 0 Å². The van der Waals surface area contributed by atoms with E-state index in [0.717, 1.165) is 68.8 Å². The molecule has 0 radical (unpaired) electrons. The van der Waals surface area contributed by atoms with E-state index in [2.05, 4.69) is 17.0 Å². The molecule has 5 nitrogen and oxygen atoms in total. The first-order valence-corrected chi connectivity index (χ1v) is 9.26. The average molecular weight is 342 g/mol. The number of hydrogen-bond donors (Lipinski definition) is 0. The first-order chi connectivity index (χ1) is 12.2. The van der Waals surface area contributed by atoms with Crippen LogP contribution in [0.3, 0.4) is 0 Å². The van der Waals surface area contributed by atoms with E-state index in [4.69, 9.17) is 9.15 Å². The second-order valence-electron chi connectivity index (χ2n) is 7.18. The van der Waals surface area contributed by atoms with Gasteiger partial charge in [-0.1, -0.05) is 0 Å². The first kappa shape index (κ1) is 16.6. The van der Waals surface area contributed by atoms with Crippen molar-refractivity contribution >= 4 is 16.9 Å². The van der Waals surface area contributed by atoms with Crippen LogP contribution in [0.2, 0.25) is 0 Å². The third-order valence-corrected chi connectivity index (χ3v) is 5.49. The summed E-state index contributed by atoms with van der Waals surface area (Å²) in [7, 11) is 1.89. The van der Waals surface area contributed by atoms with Gasteiger partial charge in [0.05, 0.1) is 25.9 Å². The lowest BCUT2D eigenvalue weighted by molar-refractivity contribution is -0.129. The van der Waals surface area contributed by atoms with E-state index in [1.54, 1.807) is 6.26 Å².